The summed E-state index contributed by atoms with van der Waals surface area (Å²) in [6.45, 7) is 2.06. The van der Waals surface area contributed by atoms with Gasteiger partial charge < -0.3 is 25.0 Å². The van der Waals surface area contributed by atoms with E-state index in [2.05, 4.69) is 27.8 Å². The maximum absolute atomic E-state index is 12.1. The summed E-state index contributed by atoms with van der Waals surface area (Å²) < 4.78 is 14.5. The third-order valence-electron chi connectivity index (χ3n) is 6.34. The summed E-state index contributed by atoms with van der Waals surface area (Å²) in [5.74, 6) is -0.522. The molecular weight excluding hydrogens is 510 g/mol. The van der Waals surface area contributed by atoms with Crippen molar-refractivity contribution in [3.05, 3.63) is 65.2 Å². The van der Waals surface area contributed by atoms with Gasteiger partial charge in [-0.15, -0.1) is 5.10 Å². The van der Waals surface area contributed by atoms with Crippen molar-refractivity contribution in [2.75, 3.05) is 11.1 Å². The molecule has 2 aromatic carbocycles. The SMILES string of the molecule is C[C@@H]1[C@H](CSc2nnnn2C)O[C@H](c2ccc(NC(=O)CCCC(=O)O)cc2)O[C@@H]1c1ccc(CO)cc1. The van der Waals surface area contributed by atoms with Crippen LogP contribution in [0.2, 0.25) is 0 Å². The molecule has 0 unspecified atom stereocenters. The predicted octanol–water partition coefficient (Wildman–Crippen LogP) is 3.48. The van der Waals surface area contributed by atoms with Crippen LogP contribution in [-0.4, -0.2) is 54.2 Å². The Bertz CT molecular complexity index is 1220. The Hall–Kier alpha value is -3.32. The van der Waals surface area contributed by atoms with Crippen molar-refractivity contribution >= 4 is 29.3 Å². The minimum atomic E-state index is -0.920. The molecule has 202 valence electrons. The molecule has 1 aliphatic rings. The molecule has 1 amide bonds. The normalized spacial score (nSPS) is 21.2. The molecule has 12 heteroatoms. The Balaban J connectivity index is 1.48. The number of ether oxygens (including phenoxy) is 2. The molecule has 11 nitrogen and oxygen atoms in total. The number of aliphatic hydroxyl groups excluding tert-OH is 1. The van der Waals surface area contributed by atoms with Crippen molar-refractivity contribution < 1.29 is 29.3 Å². The first-order valence-corrected chi connectivity index (χ1v) is 13.3. The van der Waals surface area contributed by atoms with E-state index in [1.54, 1.807) is 23.9 Å². The molecule has 38 heavy (non-hydrogen) atoms. The smallest absolute Gasteiger partial charge is 0.303 e. The molecule has 4 atom stereocenters. The molecule has 2 heterocycles. The highest BCUT2D eigenvalue weighted by molar-refractivity contribution is 7.99. The number of carbonyl (C=O) groups is 2. The fourth-order valence-corrected chi connectivity index (χ4v) is 5.17. The highest BCUT2D eigenvalue weighted by atomic mass is 32.2. The first-order chi connectivity index (χ1) is 18.3. The number of anilines is 1. The molecule has 4 rings (SSSR count). The van der Waals surface area contributed by atoms with Crippen LogP contribution < -0.4 is 5.32 Å². The fraction of sp³-hybridized carbons (Fsp3) is 0.423. The molecule has 1 aliphatic heterocycles. The zero-order valence-corrected chi connectivity index (χ0v) is 22.0. The number of carboxylic acid groups (broad SMARTS) is 1. The average molecular weight is 542 g/mol. The molecule has 1 aromatic heterocycles. The van der Waals surface area contributed by atoms with Crippen LogP contribution in [0.5, 0.6) is 0 Å². The van der Waals surface area contributed by atoms with E-state index >= 15 is 0 Å². The first kappa shape index (κ1) is 27.7. The van der Waals surface area contributed by atoms with Crippen molar-refractivity contribution in [3.63, 3.8) is 0 Å². The number of thioether (sulfide) groups is 1. The number of tetrazole rings is 1. The monoisotopic (exact) mass is 541 g/mol. The molecular formula is C26H31N5O6S. The summed E-state index contributed by atoms with van der Waals surface area (Å²) in [5, 5.41) is 33.3. The Morgan fingerprint density at radius 2 is 1.76 bits per heavy atom. The molecule has 3 aromatic rings. The molecule has 3 N–H and O–H groups in total. The van der Waals surface area contributed by atoms with E-state index in [4.69, 9.17) is 14.6 Å². The van der Waals surface area contributed by atoms with Gasteiger partial charge in [-0.3, -0.25) is 9.59 Å². The molecule has 1 saturated heterocycles. The Kier molecular flexibility index (Phi) is 9.45. The standard InChI is InChI=1S/C26H31N5O6S/c1-16-21(15-38-26-28-29-30-31(26)2)36-25(37-24(16)18-8-6-17(14-32)7-9-18)19-10-12-20(13-11-19)27-22(33)4-3-5-23(34)35/h6-13,16,21,24-25,32H,3-5,14-15H2,1-2H3,(H,27,33)(H,34,35)/t16-,21+,24+,25+/m1/s1. The zero-order chi connectivity index (χ0) is 27.1. The van der Waals surface area contributed by atoms with Gasteiger partial charge in [0.15, 0.2) is 6.29 Å². The second kappa shape index (κ2) is 13.0. The molecule has 0 aliphatic carbocycles. The largest absolute Gasteiger partial charge is 0.481 e. The summed E-state index contributed by atoms with van der Waals surface area (Å²) in [4.78, 5) is 22.8. The first-order valence-electron chi connectivity index (χ1n) is 12.3. The lowest BCUT2D eigenvalue weighted by atomic mass is 9.91. The lowest BCUT2D eigenvalue weighted by Crippen LogP contribution is -2.38. The summed E-state index contributed by atoms with van der Waals surface area (Å²) in [6.07, 6.45) is -0.691. The van der Waals surface area contributed by atoms with Crippen LogP contribution in [0.15, 0.2) is 53.7 Å². The zero-order valence-electron chi connectivity index (χ0n) is 21.2. The van der Waals surface area contributed by atoms with E-state index in [1.807, 2.05) is 36.4 Å². The fourth-order valence-electron chi connectivity index (χ4n) is 4.16. The summed E-state index contributed by atoms with van der Waals surface area (Å²) in [5.41, 5.74) is 3.22. The minimum Gasteiger partial charge on any atom is -0.481 e. The number of nitrogens with one attached hydrogen (secondary N) is 1. The quantitative estimate of drug-likeness (QED) is 0.308. The number of benzene rings is 2. The maximum atomic E-state index is 12.1. The lowest BCUT2D eigenvalue weighted by molar-refractivity contribution is -0.268. The van der Waals surface area contributed by atoms with Crippen LogP contribution in [0.4, 0.5) is 5.69 Å². The number of amides is 1. The molecule has 0 saturated carbocycles. The van der Waals surface area contributed by atoms with Gasteiger partial charge in [0.05, 0.1) is 18.8 Å². The van der Waals surface area contributed by atoms with Gasteiger partial charge in [0.25, 0.3) is 0 Å². The van der Waals surface area contributed by atoms with Gasteiger partial charge in [-0.05, 0) is 40.1 Å². The molecule has 0 spiro atoms. The van der Waals surface area contributed by atoms with E-state index in [9.17, 15) is 14.7 Å². The summed E-state index contributed by atoms with van der Waals surface area (Å²) in [6, 6.07) is 14.9. The van der Waals surface area contributed by atoms with Crippen LogP contribution in [0.1, 0.15) is 55.3 Å². The predicted molar refractivity (Wildman–Crippen MR) is 139 cm³/mol. The highest BCUT2D eigenvalue weighted by Crippen LogP contribution is 2.43. The van der Waals surface area contributed by atoms with E-state index in [-0.39, 0.29) is 49.9 Å². The number of aliphatic carboxylic acids is 1. The number of carboxylic acids is 1. The number of hydrogen-bond donors (Lipinski definition) is 3. The van der Waals surface area contributed by atoms with Crippen molar-refractivity contribution in [2.24, 2.45) is 13.0 Å². The Morgan fingerprint density at radius 1 is 1.05 bits per heavy atom. The minimum absolute atomic E-state index is 0.0178. The van der Waals surface area contributed by atoms with Gasteiger partial charge in [-0.2, -0.15) is 0 Å². The number of hydrogen-bond acceptors (Lipinski definition) is 9. The van der Waals surface area contributed by atoms with E-state index in [1.165, 1.54) is 11.8 Å². The van der Waals surface area contributed by atoms with Gasteiger partial charge in [-0.1, -0.05) is 55.1 Å². The van der Waals surface area contributed by atoms with Gasteiger partial charge in [0.2, 0.25) is 11.1 Å². The van der Waals surface area contributed by atoms with Crippen molar-refractivity contribution in [3.8, 4) is 0 Å². The second-order valence-corrected chi connectivity index (χ2v) is 10.1. The van der Waals surface area contributed by atoms with Gasteiger partial charge in [-0.25, -0.2) is 4.68 Å². The third kappa shape index (κ3) is 7.16. The second-order valence-electron chi connectivity index (χ2n) is 9.14. The highest BCUT2D eigenvalue weighted by Gasteiger charge is 2.38. The van der Waals surface area contributed by atoms with Crippen LogP contribution in [0.3, 0.4) is 0 Å². The van der Waals surface area contributed by atoms with Crippen LogP contribution in [0.25, 0.3) is 0 Å². The van der Waals surface area contributed by atoms with Crippen molar-refractivity contribution in [2.45, 2.75) is 56.4 Å². The number of rotatable bonds is 11. The average Bonchev–Trinajstić information content (AvgIpc) is 3.33. The molecule has 1 fully saturated rings. The molecule has 0 bridgehead atoms. The number of carbonyl (C=O) groups excluding carboxylic acids is 1. The summed E-state index contributed by atoms with van der Waals surface area (Å²) >= 11 is 1.51. The van der Waals surface area contributed by atoms with Crippen molar-refractivity contribution in [1.29, 1.82) is 0 Å². The van der Waals surface area contributed by atoms with Gasteiger partial charge in [0, 0.05) is 42.8 Å². The maximum Gasteiger partial charge on any atom is 0.303 e. The number of aliphatic hydroxyl groups is 1. The number of aryl methyl sites for hydroxylation is 1. The topological polar surface area (TPSA) is 149 Å². The van der Waals surface area contributed by atoms with E-state index < -0.39 is 12.3 Å². The van der Waals surface area contributed by atoms with Crippen LogP contribution in [0, 0.1) is 5.92 Å². The molecule has 0 radical (unpaired) electrons. The van der Waals surface area contributed by atoms with Crippen molar-refractivity contribution in [1.82, 2.24) is 20.2 Å². The number of nitrogens with zero attached hydrogens (tertiary/aromatic N) is 4. The summed E-state index contributed by atoms with van der Waals surface area (Å²) in [7, 11) is 1.79. The Morgan fingerprint density at radius 3 is 2.39 bits per heavy atom. The van der Waals surface area contributed by atoms with Gasteiger partial charge in [0.1, 0.15) is 0 Å². The third-order valence-corrected chi connectivity index (χ3v) is 7.44. The number of aromatic nitrogens is 4. The van der Waals surface area contributed by atoms with Gasteiger partial charge >= 0.3 is 5.97 Å². The van der Waals surface area contributed by atoms with Crippen LogP contribution >= 0.6 is 11.8 Å². The lowest BCUT2D eigenvalue weighted by Gasteiger charge is -2.41. The van der Waals surface area contributed by atoms with E-state index in [0.717, 1.165) is 16.7 Å². The Labute approximate surface area is 224 Å². The van der Waals surface area contributed by atoms with E-state index in [0.29, 0.717) is 16.6 Å². The van der Waals surface area contributed by atoms with Crippen LogP contribution in [-0.2, 0) is 32.7 Å².